The van der Waals surface area contributed by atoms with Crippen LogP contribution in [0.3, 0.4) is 0 Å². The Hall–Kier alpha value is -1.78. The molecule has 2 heterocycles. The Labute approximate surface area is 113 Å². The third-order valence-electron chi connectivity index (χ3n) is 4.08. The number of nitrogen functional groups attached to an aromatic ring is 1. The summed E-state index contributed by atoms with van der Waals surface area (Å²) in [4.78, 5) is 8.77. The highest BCUT2D eigenvalue weighted by atomic mass is 15.1. The standard InChI is InChI=1S/C14H21N5/c1-10-5-3-2-4-6-11(10)17-13-14-16-7-8-19(14)9-12(15)18-13/h7-11H,2-6,15H2,1H3,(H,17,18). The van der Waals surface area contributed by atoms with Gasteiger partial charge in [0.05, 0.1) is 6.20 Å². The average molecular weight is 259 g/mol. The van der Waals surface area contributed by atoms with Crippen molar-refractivity contribution in [1.82, 2.24) is 14.4 Å². The smallest absolute Gasteiger partial charge is 0.180 e. The Bertz CT molecular complexity index is 562. The highest BCUT2D eigenvalue weighted by Crippen LogP contribution is 2.26. The van der Waals surface area contributed by atoms with Crippen molar-refractivity contribution in [3.8, 4) is 0 Å². The van der Waals surface area contributed by atoms with Crippen molar-refractivity contribution in [1.29, 1.82) is 0 Å². The minimum absolute atomic E-state index is 0.470. The molecule has 1 aliphatic rings. The van der Waals surface area contributed by atoms with Crippen LogP contribution in [-0.4, -0.2) is 20.4 Å². The summed E-state index contributed by atoms with van der Waals surface area (Å²) in [6, 6.07) is 0.470. The van der Waals surface area contributed by atoms with Crippen LogP contribution in [0.2, 0.25) is 0 Å². The summed E-state index contributed by atoms with van der Waals surface area (Å²) < 4.78 is 1.92. The number of aromatic nitrogens is 3. The minimum Gasteiger partial charge on any atom is -0.382 e. The van der Waals surface area contributed by atoms with E-state index in [1.165, 1.54) is 32.1 Å². The zero-order chi connectivity index (χ0) is 13.2. The molecular weight excluding hydrogens is 238 g/mol. The fourth-order valence-corrected chi connectivity index (χ4v) is 2.93. The highest BCUT2D eigenvalue weighted by Gasteiger charge is 2.21. The molecule has 1 fully saturated rings. The monoisotopic (exact) mass is 259 g/mol. The number of nitrogens with zero attached hydrogens (tertiary/aromatic N) is 3. The van der Waals surface area contributed by atoms with Gasteiger partial charge in [-0.15, -0.1) is 0 Å². The maximum absolute atomic E-state index is 5.85. The summed E-state index contributed by atoms with van der Waals surface area (Å²) >= 11 is 0. The number of hydrogen-bond acceptors (Lipinski definition) is 4. The topological polar surface area (TPSA) is 68.2 Å². The minimum atomic E-state index is 0.470. The molecule has 102 valence electrons. The molecule has 19 heavy (non-hydrogen) atoms. The van der Waals surface area contributed by atoms with Crippen LogP contribution in [0.1, 0.15) is 39.0 Å². The van der Waals surface area contributed by atoms with E-state index in [-0.39, 0.29) is 0 Å². The summed E-state index contributed by atoms with van der Waals surface area (Å²) in [6.45, 7) is 2.32. The predicted octanol–water partition coefficient (Wildman–Crippen LogP) is 2.69. The van der Waals surface area contributed by atoms with Crippen molar-refractivity contribution in [2.24, 2.45) is 5.92 Å². The van der Waals surface area contributed by atoms with Gasteiger partial charge in [-0.3, -0.25) is 0 Å². The van der Waals surface area contributed by atoms with E-state index in [9.17, 15) is 0 Å². The first kappa shape index (κ1) is 12.3. The SMILES string of the molecule is CC1CCCCCC1Nc1nc(N)cn2ccnc12. The average Bonchev–Trinajstić information content (AvgIpc) is 2.75. The summed E-state index contributed by atoms with van der Waals surface area (Å²) in [6.07, 6.45) is 11.9. The van der Waals surface area contributed by atoms with Gasteiger partial charge in [-0.2, -0.15) is 0 Å². The van der Waals surface area contributed by atoms with Crippen molar-refractivity contribution in [2.75, 3.05) is 11.1 Å². The maximum atomic E-state index is 5.85. The van der Waals surface area contributed by atoms with Crippen molar-refractivity contribution in [2.45, 2.75) is 45.1 Å². The van der Waals surface area contributed by atoms with Crippen molar-refractivity contribution in [3.63, 3.8) is 0 Å². The van der Waals surface area contributed by atoms with Crippen LogP contribution in [0.25, 0.3) is 5.65 Å². The van der Waals surface area contributed by atoms with Gasteiger partial charge in [-0.25, -0.2) is 9.97 Å². The van der Waals surface area contributed by atoms with Crippen molar-refractivity contribution in [3.05, 3.63) is 18.6 Å². The number of nitrogens with one attached hydrogen (secondary N) is 1. The van der Waals surface area contributed by atoms with Gasteiger partial charge in [-0.05, 0) is 18.8 Å². The second-order valence-electron chi connectivity index (χ2n) is 5.54. The van der Waals surface area contributed by atoms with Crippen LogP contribution in [-0.2, 0) is 0 Å². The molecule has 2 aromatic rings. The van der Waals surface area contributed by atoms with E-state index in [1.54, 1.807) is 12.4 Å². The number of fused-ring (bicyclic) bond motifs is 1. The zero-order valence-electron chi connectivity index (χ0n) is 11.3. The second kappa shape index (κ2) is 5.07. The Morgan fingerprint density at radius 3 is 3.05 bits per heavy atom. The van der Waals surface area contributed by atoms with Crippen LogP contribution in [0.15, 0.2) is 18.6 Å². The lowest BCUT2D eigenvalue weighted by Gasteiger charge is -2.23. The normalized spacial score (nSPS) is 24.3. The molecule has 0 radical (unpaired) electrons. The molecule has 0 bridgehead atoms. The first-order valence-electron chi connectivity index (χ1n) is 7.10. The lowest BCUT2D eigenvalue weighted by molar-refractivity contribution is 0.456. The molecule has 2 atom stereocenters. The van der Waals surface area contributed by atoms with Crippen LogP contribution in [0, 0.1) is 5.92 Å². The molecule has 5 heteroatoms. The van der Waals surface area contributed by atoms with Gasteiger partial charge in [0.15, 0.2) is 11.5 Å². The molecule has 0 aromatic carbocycles. The van der Waals surface area contributed by atoms with Crippen LogP contribution < -0.4 is 11.1 Å². The van der Waals surface area contributed by atoms with Gasteiger partial charge in [-0.1, -0.05) is 26.2 Å². The van der Waals surface area contributed by atoms with E-state index in [0.717, 1.165) is 11.5 Å². The maximum Gasteiger partial charge on any atom is 0.180 e. The molecule has 0 aliphatic heterocycles. The van der Waals surface area contributed by atoms with Crippen LogP contribution >= 0.6 is 0 Å². The Balaban J connectivity index is 1.89. The quantitative estimate of drug-likeness (QED) is 0.814. The lowest BCUT2D eigenvalue weighted by Crippen LogP contribution is -2.27. The number of anilines is 2. The fourth-order valence-electron chi connectivity index (χ4n) is 2.93. The molecule has 1 aliphatic carbocycles. The van der Waals surface area contributed by atoms with Crippen LogP contribution in [0.4, 0.5) is 11.6 Å². The van der Waals surface area contributed by atoms with Crippen LogP contribution in [0.5, 0.6) is 0 Å². The molecule has 0 saturated heterocycles. The third kappa shape index (κ3) is 2.50. The van der Waals surface area contributed by atoms with E-state index >= 15 is 0 Å². The number of imidazole rings is 1. The Morgan fingerprint density at radius 1 is 1.32 bits per heavy atom. The number of hydrogen-bond donors (Lipinski definition) is 2. The van der Waals surface area contributed by atoms with Crippen molar-refractivity contribution >= 4 is 17.3 Å². The molecule has 3 rings (SSSR count). The molecule has 3 N–H and O–H groups in total. The summed E-state index contributed by atoms with van der Waals surface area (Å²) in [5.41, 5.74) is 6.71. The first-order chi connectivity index (χ1) is 9.24. The summed E-state index contributed by atoms with van der Waals surface area (Å²) in [5, 5.41) is 3.57. The zero-order valence-corrected chi connectivity index (χ0v) is 11.3. The largest absolute Gasteiger partial charge is 0.382 e. The Kier molecular flexibility index (Phi) is 3.27. The molecule has 2 unspecified atom stereocenters. The fraction of sp³-hybridized carbons (Fsp3) is 0.571. The molecule has 0 spiro atoms. The predicted molar refractivity (Wildman–Crippen MR) is 77.1 cm³/mol. The highest BCUT2D eigenvalue weighted by molar-refractivity contribution is 5.65. The van der Waals surface area contributed by atoms with Gasteiger partial charge in [0.1, 0.15) is 5.82 Å². The molecular formula is C14H21N5. The Morgan fingerprint density at radius 2 is 2.16 bits per heavy atom. The van der Waals surface area contributed by atoms with Gasteiger partial charge in [0.2, 0.25) is 0 Å². The summed E-state index contributed by atoms with van der Waals surface area (Å²) in [7, 11) is 0. The van der Waals surface area contributed by atoms with E-state index < -0.39 is 0 Å². The lowest BCUT2D eigenvalue weighted by atomic mass is 9.97. The third-order valence-corrected chi connectivity index (χ3v) is 4.08. The van der Waals surface area contributed by atoms with Gasteiger partial charge >= 0.3 is 0 Å². The summed E-state index contributed by atoms with van der Waals surface area (Å²) in [5.74, 6) is 2.00. The number of rotatable bonds is 2. The van der Waals surface area contributed by atoms with Gasteiger partial charge in [0.25, 0.3) is 0 Å². The van der Waals surface area contributed by atoms with E-state index in [1.807, 2.05) is 10.6 Å². The number of nitrogens with two attached hydrogens (primary N) is 1. The molecule has 1 saturated carbocycles. The first-order valence-corrected chi connectivity index (χ1v) is 7.10. The van der Waals surface area contributed by atoms with Crippen molar-refractivity contribution < 1.29 is 0 Å². The van der Waals surface area contributed by atoms with Gasteiger partial charge in [0, 0.05) is 18.4 Å². The van der Waals surface area contributed by atoms with E-state index in [0.29, 0.717) is 17.8 Å². The van der Waals surface area contributed by atoms with E-state index in [2.05, 4.69) is 22.2 Å². The molecule has 0 amide bonds. The van der Waals surface area contributed by atoms with Gasteiger partial charge < -0.3 is 15.5 Å². The second-order valence-corrected chi connectivity index (χ2v) is 5.54. The van der Waals surface area contributed by atoms with E-state index in [4.69, 9.17) is 5.73 Å². The molecule has 2 aromatic heterocycles. The molecule has 5 nitrogen and oxygen atoms in total.